The number of hydrogen-bond donors (Lipinski definition) is 0. The summed E-state index contributed by atoms with van der Waals surface area (Å²) in [7, 11) is 3.19. The van der Waals surface area contributed by atoms with E-state index in [-0.39, 0.29) is 24.2 Å². The van der Waals surface area contributed by atoms with Crippen LogP contribution in [-0.4, -0.2) is 61.4 Å². The van der Waals surface area contributed by atoms with E-state index in [1.807, 2.05) is 4.90 Å². The largest absolute Gasteiger partial charge is 0.480 e. The lowest BCUT2D eigenvalue weighted by molar-refractivity contribution is -0.0639. The Morgan fingerprint density at radius 3 is 3.10 bits per heavy atom. The van der Waals surface area contributed by atoms with Gasteiger partial charge in [-0.2, -0.15) is 0 Å². The van der Waals surface area contributed by atoms with Crippen LogP contribution in [0.3, 0.4) is 0 Å². The third-order valence-corrected chi connectivity index (χ3v) is 4.24. The second-order valence-corrected chi connectivity index (χ2v) is 5.34. The standard InChI is InChI=1S/C15H20N2O4/c1-19-12-9-17(11-6-4-8-21-13(11)12)15(18)10-5-3-7-16-14(10)20-2/h3,5,7,11-13H,4,6,8-9H2,1-2H3/t11-,12-,13+/m1/s1. The number of pyridine rings is 1. The van der Waals surface area contributed by atoms with Gasteiger partial charge in [-0.3, -0.25) is 4.79 Å². The van der Waals surface area contributed by atoms with Gasteiger partial charge in [0.15, 0.2) is 0 Å². The molecule has 0 spiro atoms. The van der Waals surface area contributed by atoms with Gasteiger partial charge < -0.3 is 19.1 Å². The summed E-state index contributed by atoms with van der Waals surface area (Å²) in [4.78, 5) is 18.8. The van der Waals surface area contributed by atoms with E-state index < -0.39 is 0 Å². The highest BCUT2D eigenvalue weighted by atomic mass is 16.5. The molecule has 6 heteroatoms. The van der Waals surface area contributed by atoms with Gasteiger partial charge in [0.05, 0.1) is 19.7 Å². The van der Waals surface area contributed by atoms with Gasteiger partial charge in [-0.25, -0.2) is 4.98 Å². The van der Waals surface area contributed by atoms with Crippen LogP contribution in [0.25, 0.3) is 0 Å². The predicted molar refractivity (Wildman–Crippen MR) is 75.4 cm³/mol. The summed E-state index contributed by atoms with van der Waals surface area (Å²) >= 11 is 0. The zero-order valence-corrected chi connectivity index (χ0v) is 12.3. The number of rotatable bonds is 3. The Hall–Kier alpha value is -1.66. The monoisotopic (exact) mass is 292 g/mol. The second kappa shape index (κ2) is 5.99. The highest BCUT2D eigenvalue weighted by Crippen LogP contribution is 2.32. The van der Waals surface area contributed by atoms with E-state index in [1.165, 1.54) is 7.11 Å². The number of carbonyl (C=O) groups is 1. The lowest BCUT2D eigenvalue weighted by atomic mass is 10.0. The zero-order valence-electron chi connectivity index (χ0n) is 12.3. The van der Waals surface area contributed by atoms with Crippen LogP contribution in [0, 0.1) is 0 Å². The van der Waals surface area contributed by atoms with Crippen molar-refractivity contribution in [3.63, 3.8) is 0 Å². The Kier molecular flexibility index (Phi) is 4.07. The van der Waals surface area contributed by atoms with Crippen molar-refractivity contribution in [3.05, 3.63) is 23.9 Å². The van der Waals surface area contributed by atoms with Gasteiger partial charge in [0.2, 0.25) is 5.88 Å². The SMILES string of the molecule is COc1ncccc1C(=O)N1C[C@@H](OC)[C@H]2OCCC[C@H]21. The van der Waals surface area contributed by atoms with Crippen molar-refractivity contribution in [2.24, 2.45) is 0 Å². The average molecular weight is 292 g/mol. The number of amides is 1. The van der Waals surface area contributed by atoms with E-state index in [2.05, 4.69) is 4.98 Å². The first-order valence-electron chi connectivity index (χ1n) is 7.20. The number of nitrogens with zero attached hydrogens (tertiary/aromatic N) is 2. The molecule has 0 saturated carbocycles. The van der Waals surface area contributed by atoms with Gasteiger partial charge in [0.1, 0.15) is 17.8 Å². The lowest BCUT2D eigenvalue weighted by Crippen LogP contribution is -2.43. The van der Waals surface area contributed by atoms with Gasteiger partial charge in [-0.15, -0.1) is 0 Å². The molecule has 21 heavy (non-hydrogen) atoms. The minimum Gasteiger partial charge on any atom is -0.480 e. The van der Waals surface area contributed by atoms with Crippen LogP contribution in [0.4, 0.5) is 0 Å². The maximum absolute atomic E-state index is 12.8. The Morgan fingerprint density at radius 2 is 2.33 bits per heavy atom. The Morgan fingerprint density at radius 1 is 1.48 bits per heavy atom. The molecule has 3 rings (SSSR count). The van der Waals surface area contributed by atoms with Crippen molar-refractivity contribution in [3.8, 4) is 5.88 Å². The van der Waals surface area contributed by atoms with Crippen LogP contribution in [-0.2, 0) is 9.47 Å². The van der Waals surface area contributed by atoms with Crippen molar-refractivity contribution in [2.75, 3.05) is 27.4 Å². The predicted octanol–water partition coefficient (Wildman–Crippen LogP) is 1.11. The molecule has 114 valence electrons. The molecule has 0 bridgehead atoms. The first kappa shape index (κ1) is 14.3. The van der Waals surface area contributed by atoms with E-state index in [0.717, 1.165) is 19.4 Å². The number of carbonyl (C=O) groups excluding carboxylic acids is 1. The van der Waals surface area contributed by atoms with Crippen LogP contribution in [0.2, 0.25) is 0 Å². The number of fused-ring (bicyclic) bond motifs is 1. The molecule has 3 atom stereocenters. The lowest BCUT2D eigenvalue weighted by Gasteiger charge is -2.32. The first-order chi connectivity index (χ1) is 10.3. The number of hydrogen-bond acceptors (Lipinski definition) is 5. The summed E-state index contributed by atoms with van der Waals surface area (Å²) in [5, 5.41) is 0. The Bertz CT molecular complexity index is 522. The molecule has 1 aromatic heterocycles. The third kappa shape index (κ3) is 2.49. The molecule has 0 aliphatic carbocycles. The normalized spacial score (nSPS) is 28.3. The molecule has 0 radical (unpaired) electrons. The van der Waals surface area contributed by atoms with Crippen molar-refractivity contribution < 1.29 is 19.0 Å². The highest BCUT2D eigenvalue weighted by molar-refractivity contribution is 5.96. The number of aromatic nitrogens is 1. The van der Waals surface area contributed by atoms with E-state index >= 15 is 0 Å². The fraction of sp³-hybridized carbons (Fsp3) is 0.600. The maximum atomic E-state index is 12.8. The Labute approximate surface area is 124 Å². The van der Waals surface area contributed by atoms with Crippen molar-refractivity contribution >= 4 is 5.91 Å². The molecule has 1 aromatic rings. The van der Waals surface area contributed by atoms with Crippen LogP contribution in [0.5, 0.6) is 5.88 Å². The summed E-state index contributed by atoms with van der Waals surface area (Å²) in [6.07, 6.45) is 3.42. The van der Waals surface area contributed by atoms with E-state index in [0.29, 0.717) is 18.0 Å². The molecule has 0 aromatic carbocycles. The second-order valence-electron chi connectivity index (χ2n) is 5.34. The summed E-state index contributed by atoms with van der Waals surface area (Å²) in [6, 6.07) is 3.56. The van der Waals surface area contributed by atoms with Gasteiger partial charge >= 0.3 is 0 Å². The van der Waals surface area contributed by atoms with E-state index in [1.54, 1.807) is 25.4 Å². The van der Waals surface area contributed by atoms with Gasteiger partial charge in [0.25, 0.3) is 5.91 Å². The summed E-state index contributed by atoms with van der Waals surface area (Å²) in [5.41, 5.74) is 0.487. The molecule has 2 aliphatic heterocycles. The average Bonchev–Trinajstić information content (AvgIpc) is 2.93. The minimum atomic E-state index is -0.0694. The van der Waals surface area contributed by atoms with Crippen molar-refractivity contribution in [2.45, 2.75) is 31.1 Å². The fourth-order valence-electron chi connectivity index (χ4n) is 3.22. The Balaban J connectivity index is 1.87. The van der Waals surface area contributed by atoms with Crippen LogP contribution < -0.4 is 4.74 Å². The first-order valence-corrected chi connectivity index (χ1v) is 7.20. The van der Waals surface area contributed by atoms with E-state index in [9.17, 15) is 4.79 Å². The summed E-state index contributed by atoms with van der Waals surface area (Å²) < 4.78 is 16.5. The molecular formula is C15H20N2O4. The van der Waals surface area contributed by atoms with Gasteiger partial charge in [-0.1, -0.05) is 0 Å². The van der Waals surface area contributed by atoms with Crippen LogP contribution >= 0.6 is 0 Å². The maximum Gasteiger partial charge on any atom is 0.259 e. The molecule has 2 saturated heterocycles. The van der Waals surface area contributed by atoms with Crippen LogP contribution in [0.1, 0.15) is 23.2 Å². The minimum absolute atomic E-state index is 0.0321. The summed E-state index contributed by atoms with van der Waals surface area (Å²) in [5.74, 6) is 0.289. The zero-order chi connectivity index (χ0) is 14.8. The molecule has 2 aliphatic rings. The smallest absolute Gasteiger partial charge is 0.259 e. The molecule has 3 heterocycles. The highest BCUT2D eigenvalue weighted by Gasteiger charge is 2.46. The van der Waals surface area contributed by atoms with Crippen LogP contribution in [0.15, 0.2) is 18.3 Å². The topological polar surface area (TPSA) is 60.9 Å². The van der Waals surface area contributed by atoms with Crippen molar-refractivity contribution in [1.29, 1.82) is 0 Å². The molecule has 0 N–H and O–H groups in total. The fourth-order valence-corrected chi connectivity index (χ4v) is 3.22. The molecule has 1 amide bonds. The van der Waals surface area contributed by atoms with E-state index in [4.69, 9.17) is 14.2 Å². The third-order valence-electron chi connectivity index (χ3n) is 4.24. The van der Waals surface area contributed by atoms with Crippen molar-refractivity contribution in [1.82, 2.24) is 9.88 Å². The van der Waals surface area contributed by atoms with Gasteiger partial charge in [-0.05, 0) is 25.0 Å². The number of likely N-dealkylation sites (tertiary alicyclic amines) is 1. The number of methoxy groups -OCH3 is 2. The number of ether oxygens (including phenoxy) is 3. The van der Waals surface area contributed by atoms with Gasteiger partial charge in [0, 0.05) is 19.9 Å². The molecular weight excluding hydrogens is 272 g/mol. The molecule has 0 unspecified atom stereocenters. The molecule has 2 fully saturated rings. The summed E-state index contributed by atoms with van der Waals surface area (Å²) in [6.45, 7) is 1.28. The quantitative estimate of drug-likeness (QED) is 0.835. The molecule has 6 nitrogen and oxygen atoms in total.